The first kappa shape index (κ1) is 14.8. The summed E-state index contributed by atoms with van der Waals surface area (Å²) in [7, 11) is 1.98. The SMILES string of the molecule is Cn1nccc1CCC(N)c1ccccc1C(C)(C)C. The first-order chi connectivity index (χ1) is 9.39. The van der Waals surface area contributed by atoms with E-state index in [2.05, 4.69) is 56.2 Å². The average molecular weight is 271 g/mol. The molecule has 0 saturated carbocycles. The molecule has 0 bridgehead atoms. The van der Waals surface area contributed by atoms with E-state index in [9.17, 15) is 0 Å². The molecule has 1 unspecified atom stereocenters. The molecule has 0 amide bonds. The second-order valence-corrected chi connectivity index (χ2v) is 6.43. The number of nitrogens with two attached hydrogens (primary N) is 1. The van der Waals surface area contributed by atoms with Crippen molar-refractivity contribution in [1.29, 1.82) is 0 Å². The highest BCUT2D eigenvalue weighted by Crippen LogP contribution is 2.30. The maximum absolute atomic E-state index is 6.43. The first-order valence-electron chi connectivity index (χ1n) is 7.21. The fraction of sp³-hybridized carbons (Fsp3) is 0.471. The lowest BCUT2D eigenvalue weighted by atomic mass is 9.81. The summed E-state index contributed by atoms with van der Waals surface area (Å²) in [6.45, 7) is 6.71. The number of hydrogen-bond donors (Lipinski definition) is 1. The molecule has 2 rings (SSSR count). The summed E-state index contributed by atoms with van der Waals surface area (Å²) >= 11 is 0. The Balaban J connectivity index is 2.14. The zero-order chi connectivity index (χ0) is 14.8. The van der Waals surface area contributed by atoms with Gasteiger partial charge in [0.1, 0.15) is 0 Å². The molecule has 0 fully saturated rings. The van der Waals surface area contributed by atoms with Crippen LogP contribution in [0.4, 0.5) is 0 Å². The van der Waals surface area contributed by atoms with Crippen molar-refractivity contribution in [3.8, 4) is 0 Å². The van der Waals surface area contributed by atoms with Gasteiger partial charge in [0.25, 0.3) is 0 Å². The predicted molar refractivity (Wildman–Crippen MR) is 83.6 cm³/mol. The molecule has 0 spiro atoms. The molecule has 1 aromatic heterocycles. The molecule has 108 valence electrons. The van der Waals surface area contributed by atoms with Crippen molar-refractivity contribution < 1.29 is 0 Å². The van der Waals surface area contributed by atoms with Gasteiger partial charge in [-0.3, -0.25) is 4.68 Å². The Morgan fingerprint density at radius 2 is 1.90 bits per heavy atom. The van der Waals surface area contributed by atoms with Gasteiger partial charge in [0.05, 0.1) is 0 Å². The molecule has 2 N–H and O–H groups in total. The minimum atomic E-state index is 0.0697. The van der Waals surface area contributed by atoms with Crippen molar-refractivity contribution in [3.63, 3.8) is 0 Å². The molecular weight excluding hydrogens is 246 g/mol. The van der Waals surface area contributed by atoms with Crippen LogP contribution in [0.15, 0.2) is 36.5 Å². The molecule has 20 heavy (non-hydrogen) atoms. The van der Waals surface area contributed by atoms with Crippen LogP contribution in [0.1, 0.15) is 50.1 Å². The van der Waals surface area contributed by atoms with Gasteiger partial charge in [0.15, 0.2) is 0 Å². The van der Waals surface area contributed by atoms with Gasteiger partial charge in [-0.25, -0.2) is 0 Å². The van der Waals surface area contributed by atoms with Crippen molar-refractivity contribution in [2.75, 3.05) is 0 Å². The van der Waals surface area contributed by atoms with Gasteiger partial charge < -0.3 is 5.73 Å². The summed E-state index contributed by atoms with van der Waals surface area (Å²) in [6.07, 6.45) is 3.73. The van der Waals surface area contributed by atoms with E-state index in [0.717, 1.165) is 12.8 Å². The van der Waals surface area contributed by atoms with E-state index < -0.39 is 0 Å². The molecule has 0 aliphatic carbocycles. The second kappa shape index (κ2) is 5.80. The minimum absolute atomic E-state index is 0.0697. The summed E-state index contributed by atoms with van der Waals surface area (Å²) in [5, 5.41) is 4.20. The lowest BCUT2D eigenvalue weighted by molar-refractivity contribution is 0.554. The molecule has 3 heteroatoms. The Hall–Kier alpha value is -1.61. The fourth-order valence-electron chi connectivity index (χ4n) is 2.61. The summed E-state index contributed by atoms with van der Waals surface area (Å²) in [5.41, 5.74) is 10.4. The van der Waals surface area contributed by atoms with Crippen LogP contribution in [0, 0.1) is 0 Å². The van der Waals surface area contributed by atoms with Crippen LogP contribution in [0.2, 0.25) is 0 Å². The summed E-state index contributed by atoms with van der Waals surface area (Å²) in [4.78, 5) is 0. The van der Waals surface area contributed by atoms with Crippen LogP contribution in [0.5, 0.6) is 0 Å². The van der Waals surface area contributed by atoms with E-state index in [1.807, 2.05) is 17.9 Å². The molecule has 1 heterocycles. The number of aromatic nitrogens is 2. The first-order valence-corrected chi connectivity index (χ1v) is 7.21. The maximum Gasteiger partial charge on any atom is 0.0492 e. The molecule has 0 saturated heterocycles. The molecule has 0 aliphatic heterocycles. The van der Waals surface area contributed by atoms with Gasteiger partial charge in [-0.05, 0) is 35.4 Å². The Kier molecular flexibility index (Phi) is 4.29. The third-order valence-electron chi connectivity index (χ3n) is 3.80. The maximum atomic E-state index is 6.43. The minimum Gasteiger partial charge on any atom is -0.324 e. The molecule has 0 radical (unpaired) electrons. The topological polar surface area (TPSA) is 43.8 Å². The summed E-state index contributed by atoms with van der Waals surface area (Å²) in [6, 6.07) is 10.7. The van der Waals surface area contributed by atoms with Crippen molar-refractivity contribution in [2.45, 2.75) is 45.1 Å². The highest BCUT2D eigenvalue weighted by Gasteiger charge is 2.20. The predicted octanol–water partition coefficient (Wildman–Crippen LogP) is 3.35. The zero-order valence-electron chi connectivity index (χ0n) is 12.9. The zero-order valence-corrected chi connectivity index (χ0v) is 12.9. The third-order valence-corrected chi connectivity index (χ3v) is 3.80. The van der Waals surface area contributed by atoms with Gasteiger partial charge in [-0.15, -0.1) is 0 Å². The molecule has 1 aromatic carbocycles. The quantitative estimate of drug-likeness (QED) is 0.926. The van der Waals surface area contributed by atoms with Crippen LogP contribution in [0.3, 0.4) is 0 Å². The van der Waals surface area contributed by atoms with Crippen LogP contribution >= 0.6 is 0 Å². The van der Waals surface area contributed by atoms with Gasteiger partial charge in [0.2, 0.25) is 0 Å². The van der Waals surface area contributed by atoms with Crippen LogP contribution in [0.25, 0.3) is 0 Å². The lowest BCUT2D eigenvalue weighted by Crippen LogP contribution is -2.20. The molecule has 3 nitrogen and oxygen atoms in total. The Labute approximate surface area is 121 Å². The summed E-state index contributed by atoms with van der Waals surface area (Å²) in [5.74, 6) is 0. The Morgan fingerprint density at radius 3 is 2.50 bits per heavy atom. The molecular formula is C17H25N3. The standard InChI is InChI=1S/C17H25N3/c1-17(2,3)15-8-6-5-7-14(15)16(18)10-9-13-11-12-19-20(13)4/h5-8,11-12,16H,9-10,18H2,1-4H3. The number of aryl methyl sites for hydroxylation is 2. The van der Waals surface area contributed by atoms with E-state index in [1.165, 1.54) is 16.8 Å². The largest absolute Gasteiger partial charge is 0.324 e. The highest BCUT2D eigenvalue weighted by molar-refractivity contribution is 5.35. The fourth-order valence-corrected chi connectivity index (χ4v) is 2.61. The van der Waals surface area contributed by atoms with Gasteiger partial charge in [-0.2, -0.15) is 5.10 Å². The van der Waals surface area contributed by atoms with Gasteiger partial charge in [-0.1, -0.05) is 45.0 Å². The second-order valence-electron chi connectivity index (χ2n) is 6.43. The van der Waals surface area contributed by atoms with Crippen molar-refractivity contribution in [1.82, 2.24) is 9.78 Å². The van der Waals surface area contributed by atoms with E-state index in [1.54, 1.807) is 0 Å². The smallest absolute Gasteiger partial charge is 0.0492 e. The van der Waals surface area contributed by atoms with E-state index in [-0.39, 0.29) is 11.5 Å². The Morgan fingerprint density at radius 1 is 1.20 bits per heavy atom. The Bertz CT molecular complexity index is 564. The summed E-state index contributed by atoms with van der Waals surface area (Å²) < 4.78 is 1.92. The number of hydrogen-bond acceptors (Lipinski definition) is 2. The molecule has 0 aliphatic rings. The van der Waals surface area contributed by atoms with Crippen molar-refractivity contribution in [2.24, 2.45) is 12.8 Å². The molecule has 2 aromatic rings. The number of nitrogens with zero attached hydrogens (tertiary/aromatic N) is 2. The van der Waals surface area contributed by atoms with E-state index in [0.29, 0.717) is 0 Å². The average Bonchev–Trinajstić information content (AvgIpc) is 2.80. The number of benzene rings is 1. The van der Waals surface area contributed by atoms with Crippen molar-refractivity contribution in [3.05, 3.63) is 53.3 Å². The normalized spacial score (nSPS) is 13.4. The monoisotopic (exact) mass is 271 g/mol. The van der Waals surface area contributed by atoms with Crippen LogP contribution in [-0.4, -0.2) is 9.78 Å². The van der Waals surface area contributed by atoms with E-state index in [4.69, 9.17) is 5.73 Å². The van der Waals surface area contributed by atoms with Crippen LogP contribution < -0.4 is 5.73 Å². The van der Waals surface area contributed by atoms with Gasteiger partial charge in [0, 0.05) is 25.0 Å². The molecule has 1 atom stereocenters. The lowest BCUT2D eigenvalue weighted by Gasteiger charge is -2.25. The highest BCUT2D eigenvalue weighted by atomic mass is 15.2. The number of rotatable bonds is 4. The van der Waals surface area contributed by atoms with Crippen LogP contribution in [-0.2, 0) is 18.9 Å². The van der Waals surface area contributed by atoms with E-state index >= 15 is 0 Å². The van der Waals surface area contributed by atoms with Crippen molar-refractivity contribution >= 4 is 0 Å². The third kappa shape index (κ3) is 3.28. The van der Waals surface area contributed by atoms with Gasteiger partial charge >= 0.3 is 0 Å².